The zero-order chi connectivity index (χ0) is 20.5. The Morgan fingerprint density at radius 1 is 1.25 bits per heavy atom. The van der Waals surface area contributed by atoms with Gasteiger partial charge in [-0.1, -0.05) is 0 Å². The van der Waals surface area contributed by atoms with Gasteiger partial charge in [-0.3, -0.25) is 19.7 Å². The summed E-state index contributed by atoms with van der Waals surface area (Å²) >= 11 is 0. The maximum atomic E-state index is 12.0. The van der Waals surface area contributed by atoms with Gasteiger partial charge in [0.1, 0.15) is 5.75 Å². The standard InChI is InChI=1S/C18H18N4O6/c1-28-14-5-3-13(4-6-14)18(25)19-9-8-17(24)21-20-11-12-2-7-16(23)15(10-12)22(26)27/h2-7,10-11,23H,8-9H2,1H3,(H,19,25)(H,21,24)/b20-11+. The smallest absolute Gasteiger partial charge is 0.311 e. The Bertz CT molecular complexity index is 895. The van der Waals surface area contributed by atoms with Crippen LogP contribution in [0.4, 0.5) is 5.69 Å². The maximum Gasteiger partial charge on any atom is 0.311 e. The minimum atomic E-state index is -0.725. The van der Waals surface area contributed by atoms with Crippen molar-refractivity contribution in [3.05, 3.63) is 63.7 Å². The number of aromatic hydroxyl groups is 1. The van der Waals surface area contributed by atoms with Gasteiger partial charge in [0.05, 0.1) is 18.2 Å². The lowest BCUT2D eigenvalue weighted by atomic mass is 10.2. The third-order valence-corrected chi connectivity index (χ3v) is 3.59. The molecule has 0 atom stereocenters. The summed E-state index contributed by atoms with van der Waals surface area (Å²) in [4.78, 5) is 33.7. The average Bonchev–Trinajstić information content (AvgIpc) is 2.69. The number of nitrogens with zero attached hydrogens (tertiary/aromatic N) is 2. The summed E-state index contributed by atoms with van der Waals surface area (Å²) < 4.78 is 5.01. The first kappa shape index (κ1) is 20.4. The highest BCUT2D eigenvalue weighted by molar-refractivity contribution is 5.94. The average molecular weight is 386 g/mol. The Kier molecular flexibility index (Phi) is 7.03. The van der Waals surface area contributed by atoms with E-state index in [1.807, 2.05) is 0 Å². The van der Waals surface area contributed by atoms with Crippen LogP contribution in [0.5, 0.6) is 11.5 Å². The number of nitro benzene ring substituents is 1. The molecule has 0 saturated heterocycles. The van der Waals surface area contributed by atoms with E-state index < -0.39 is 22.3 Å². The Hall–Kier alpha value is -3.95. The Balaban J connectivity index is 1.78. The Labute approximate surface area is 160 Å². The first-order chi connectivity index (χ1) is 13.4. The summed E-state index contributed by atoms with van der Waals surface area (Å²) in [6.45, 7) is 0.108. The van der Waals surface area contributed by atoms with Crippen LogP contribution in [0.3, 0.4) is 0 Å². The van der Waals surface area contributed by atoms with E-state index in [-0.39, 0.29) is 18.9 Å². The third kappa shape index (κ3) is 5.80. The van der Waals surface area contributed by atoms with Crippen molar-refractivity contribution in [1.82, 2.24) is 10.7 Å². The van der Waals surface area contributed by atoms with Crippen LogP contribution < -0.4 is 15.5 Å². The molecule has 0 aromatic heterocycles. The molecule has 2 aromatic rings. The molecule has 3 N–H and O–H groups in total. The van der Waals surface area contributed by atoms with Crippen molar-refractivity contribution in [2.45, 2.75) is 6.42 Å². The van der Waals surface area contributed by atoms with Crippen LogP contribution in [0.2, 0.25) is 0 Å². The number of hydrogen-bond acceptors (Lipinski definition) is 7. The number of hydrazone groups is 1. The van der Waals surface area contributed by atoms with Crippen molar-refractivity contribution in [2.75, 3.05) is 13.7 Å². The Morgan fingerprint density at radius 3 is 2.61 bits per heavy atom. The molecule has 0 bridgehead atoms. The zero-order valence-corrected chi connectivity index (χ0v) is 14.9. The molecule has 2 aromatic carbocycles. The van der Waals surface area contributed by atoms with Gasteiger partial charge < -0.3 is 15.2 Å². The fraction of sp³-hybridized carbons (Fsp3) is 0.167. The van der Waals surface area contributed by atoms with Crippen LogP contribution in [0.15, 0.2) is 47.6 Å². The van der Waals surface area contributed by atoms with Crippen molar-refractivity contribution in [3.8, 4) is 11.5 Å². The van der Waals surface area contributed by atoms with Crippen LogP contribution in [0, 0.1) is 10.1 Å². The molecular weight excluding hydrogens is 368 g/mol. The summed E-state index contributed by atoms with van der Waals surface area (Å²) in [5.74, 6) is -0.596. The number of ether oxygens (including phenoxy) is 1. The van der Waals surface area contributed by atoms with E-state index in [9.17, 15) is 24.8 Å². The highest BCUT2D eigenvalue weighted by Gasteiger charge is 2.12. The van der Waals surface area contributed by atoms with Crippen LogP contribution in [0.25, 0.3) is 0 Å². The predicted molar refractivity (Wildman–Crippen MR) is 100 cm³/mol. The molecule has 2 amide bonds. The summed E-state index contributed by atoms with van der Waals surface area (Å²) in [5, 5.41) is 26.4. The number of carbonyl (C=O) groups excluding carboxylic acids is 2. The number of rotatable bonds is 8. The number of amides is 2. The molecule has 0 fully saturated rings. The first-order valence-corrected chi connectivity index (χ1v) is 8.12. The number of nitro groups is 1. The molecule has 0 radical (unpaired) electrons. The second-order valence-electron chi connectivity index (χ2n) is 5.53. The molecule has 0 unspecified atom stereocenters. The zero-order valence-electron chi connectivity index (χ0n) is 14.9. The largest absolute Gasteiger partial charge is 0.502 e. The number of phenols is 1. The van der Waals surface area contributed by atoms with Crippen LogP contribution in [-0.4, -0.2) is 41.7 Å². The van der Waals surface area contributed by atoms with E-state index in [1.165, 1.54) is 19.4 Å². The van der Waals surface area contributed by atoms with Gasteiger partial charge >= 0.3 is 5.69 Å². The lowest BCUT2D eigenvalue weighted by molar-refractivity contribution is -0.385. The van der Waals surface area contributed by atoms with Gasteiger partial charge in [-0.25, -0.2) is 5.43 Å². The van der Waals surface area contributed by atoms with Crippen molar-refractivity contribution >= 4 is 23.7 Å². The minimum Gasteiger partial charge on any atom is -0.502 e. The Morgan fingerprint density at radius 2 is 1.96 bits per heavy atom. The summed E-state index contributed by atoms with van der Waals surface area (Å²) in [6.07, 6.45) is 1.20. The van der Waals surface area contributed by atoms with Gasteiger partial charge in [0.25, 0.3) is 5.91 Å². The predicted octanol–water partition coefficient (Wildman–Crippen LogP) is 1.58. The lowest BCUT2D eigenvalue weighted by Crippen LogP contribution is -2.29. The van der Waals surface area contributed by atoms with Crippen molar-refractivity contribution in [1.29, 1.82) is 0 Å². The molecule has 2 rings (SSSR count). The molecule has 0 saturated carbocycles. The van der Waals surface area contributed by atoms with E-state index >= 15 is 0 Å². The van der Waals surface area contributed by atoms with E-state index in [4.69, 9.17) is 4.74 Å². The molecule has 10 heteroatoms. The molecule has 10 nitrogen and oxygen atoms in total. The number of nitrogens with one attached hydrogen (secondary N) is 2. The maximum absolute atomic E-state index is 12.0. The monoisotopic (exact) mass is 386 g/mol. The summed E-state index contributed by atoms with van der Waals surface area (Å²) in [6, 6.07) is 10.2. The normalized spacial score (nSPS) is 10.5. The van der Waals surface area contributed by atoms with E-state index in [0.29, 0.717) is 16.9 Å². The molecule has 146 valence electrons. The molecule has 0 spiro atoms. The molecule has 0 aliphatic carbocycles. The van der Waals surface area contributed by atoms with Gasteiger partial charge in [0.2, 0.25) is 5.91 Å². The highest BCUT2D eigenvalue weighted by Crippen LogP contribution is 2.25. The number of phenolic OH excluding ortho intramolecular Hbond substituents is 1. The fourth-order valence-corrected chi connectivity index (χ4v) is 2.14. The molecule has 0 heterocycles. The number of methoxy groups -OCH3 is 1. The third-order valence-electron chi connectivity index (χ3n) is 3.59. The van der Waals surface area contributed by atoms with Crippen molar-refractivity contribution in [3.63, 3.8) is 0 Å². The van der Waals surface area contributed by atoms with E-state index in [2.05, 4.69) is 15.8 Å². The second-order valence-corrected chi connectivity index (χ2v) is 5.53. The molecule has 0 aliphatic heterocycles. The minimum absolute atomic E-state index is 0.00500. The van der Waals surface area contributed by atoms with Crippen molar-refractivity contribution in [2.24, 2.45) is 5.10 Å². The SMILES string of the molecule is COc1ccc(C(=O)NCCC(=O)N/N=C/c2ccc(O)c([N+](=O)[O-])c2)cc1. The van der Waals surface area contributed by atoms with Gasteiger partial charge in [-0.2, -0.15) is 5.10 Å². The van der Waals surface area contributed by atoms with E-state index in [1.54, 1.807) is 24.3 Å². The summed E-state index contributed by atoms with van der Waals surface area (Å²) in [7, 11) is 1.53. The summed E-state index contributed by atoms with van der Waals surface area (Å²) in [5.41, 5.74) is 2.56. The van der Waals surface area contributed by atoms with Crippen LogP contribution in [0.1, 0.15) is 22.3 Å². The number of hydrogen-bond donors (Lipinski definition) is 3. The van der Waals surface area contributed by atoms with E-state index in [0.717, 1.165) is 12.1 Å². The molecule has 28 heavy (non-hydrogen) atoms. The van der Waals surface area contributed by atoms with Gasteiger partial charge in [-0.05, 0) is 36.4 Å². The fourth-order valence-electron chi connectivity index (χ4n) is 2.14. The first-order valence-electron chi connectivity index (χ1n) is 8.12. The van der Waals surface area contributed by atoms with Crippen LogP contribution in [-0.2, 0) is 4.79 Å². The topological polar surface area (TPSA) is 143 Å². The second kappa shape index (κ2) is 9.67. The van der Waals surface area contributed by atoms with Gasteiger partial charge in [0, 0.05) is 30.2 Å². The number of benzene rings is 2. The van der Waals surface area contributed by atoms with Gasteiger partial charge in [-0.15, -0.1) is 0 Å². The van der Waals surface area contributed by atoms with Crippen molar-refractivity contribution < 1.29 is 24.4 Å². The highest BCUT2D eigenvalue weighted by atomic mass is 16.6. The molecular formula is C18H18N4O6. The molecule has 0 aliphatic rings. The van der Waals surface area contributed by atoms with Crippen LogP contribution >= 0.6 is 0 Å². The quantitative estimate of drug-likeness (QED) is 0.357. The van der Waals surface area contributed by atoms with Gasteiger partial charge in [0.15, 0.2) is 5.75 Å². The number of carbonyl (C=O) groups is 2. The lowest BCUT2D eigenvalue weighted by Gasteiger charge is -2.05.